The van der Waals surface area contributed by atoms with Crippen LogP contribution in [0.1, 0.15) is 23.6 Å². The highest BCUT2D eigenvalue weighted by atomic mass is 35.5. The maximum Gasteiger partial charge on any atom is 0.304 e. The van der Waals surface area contributed by atoms with Crippen molar-refractivity contribution in [1.29, 1.82) is 0 Å². The standard InChI is InChI=1S/C13H11Cl2NO2/c14-9-4-8(5-10(15)6-9)11(7-13(17)18)12-2-1-3-16-12/h1-6,11,16H,7H2,(H,17,18). The quantitative estimate of drug-likeness (QED) is 0.893. The second kappa shape index (κ2) is 5.46. The van der Waals surface area contributed by atoms with Crippen LogP contribution >= 0.6 is 23.2 Å². The summed E-state index contributed by atoms with van der Waals surface area (Å²) >= 11 is 11.9. The summed E-state index contributed by atoms with van der Waals surface area (Å²) in [6.07, 6.45) is 1.74. The summed E-state index contributed by atoms with van der Waals surface area (Å²) in [6.45, 7) is 0. The third-order valence-corrected chi connectivity index (χ3v) is 3.10. The molecule has 0 spiro atoms. The lowest BCUT2D eigenvalue weighted by atomic mass is 9.93. The van der Waals surface area contributed by atoms with Crippen molar-refractivity contribution in [3.8, 4) is 0 Å². The number of carboxylic acids is 1. The van der Waals surface area contributed by atoms with Gasteiger partial charge in [-0.25, -0.2) is 0 Å². The van der Waals surface area contributed by atoms with Gasteiger partial charge in [0.2, 0.25) is 0 Å². The summed E-state index contributed by atoms with van der Waals surface area (Å²) < 4.78 is 0. The van der Waals surface area contributed by atoms with E-state index in [-0.39, 0.29) is 12.3 Å². The SMILES string of the molecule is O=C(O)CC(c1cc(Cl)cc(Cl)c1)c1ccc[nH]1. The molecular weight excluding hydrogens is 273 g/mol. The van der Waals surface area contributed by atoms with Gasteiger partial charge in [-0.1, -0.05) is 23.2 Å². The minimum Gasteiger partial charge on any atom is -0.481 e. The number of rotatable bonds is 4. The minimum absolute atomic E-state index is 0.0167. The molecule has 2 aromatic rings. The van der Waals surface area contributed by atoms with Crippen molar-refractivity contribution in [2.24, 2.45) is 0 Å². The lowest BCUT2D eigenvalue weighted by Crippen LogP contribution is -2.08. The number of carbonyl (C=O) groups is 1. The van der Waals surface area contributed by atoms with Gasteiger partial charge in [0.15, 0.2) is 0 Å². The molecule has 0 aliphatic heterocycles. The van der Waals surface area contributed by atoms with E-state index in [0.717, 1.165) is 11.3 Å². The van der Waals surface area contributed by atoms with Gasteiger partial charge in [0.1, 0.15) is 0 Å². The van der Waals surface area contributed by atoms with E-state index < -0.39 is 5.97 Å². The first-order chi connectivity index (χ1) is 8.56. The summed E-state index contributed by atoms with van der Waals surface area (Å²) in [4.78, 5) is 14.0. The number of hydrogen-bond acceptors (Lipinski definition) is 1. The maximum absolute atomic E-state index is 11.0. The molecule has 94 valence electrons. The minimum atomic E-state index is -0.870. The topological polar surface area (TPSA) is 53.1 Å². The van der Waals surface area contributed by atoms with Crippen LogP contribution in [-0.4, -0.2) is 16.1 Å². The molecule has 0 aliphatic rings. The summed E-state index contributed by atoms with van der Waals surface area (Å²) in [5, 5.41) is 10.0. The largest absolute Gasteiger partial charge is 0.481 e. The van der Waals surface area contributed by atoms with Crippen molar-refractivity contribution in [1.82, 2.24) is 4.98 Å². The molecule has 1 atom stereocenters. The number of hydrogen-bond donors (Lipinski definition) is 2. The number of carboxylic acid groups (broad SMARTS) is 1. The monoisotopic (exact) mass is 283 g/mol. The fourth-order valence-electron chi connectivity index (χ4n) is 1.92. The average molecular weight is 284 g/mol. The van der Waals surface area contributed by atoms with E-state index in [1.54, 1.807) is 24.4 Å². The van der Waals surface area contributed by atoms with Gasteiger partial charge in [0.25, 0.3) is 0 Å². The van der Waals surface area contributed by atoms with Gasteiger partial charge in [-0.2, -0.15) is 0 Å². The number of aromatic nitrogens is 1. The molecule has 0 radical (unpaired) electrons. The summed E-state index contributed by atoms with van der Waals surface area (Å²) in [5.74, 6) is -1.15. The van der Waals surface area contributed by atoms with Crippen molar-refractivity contribution >= 4 is 29.2 Å². The second-order valence-corrected chi connectivity index (χ2v) is 4.85. The second-order valence-electron chi connectivity index (χ2n) is 3.98. The van der Waals surface area contributed by atoms with Gasteiger partial charge in [-0.05, 0) is 35.9 Å². The third kappa shape index (κ3) is 3.06. The van der Waals surface area contributed by atoms with E-state index in [1.807, 2.05) is 12.1 Å². The van der Waals surface area contributed by atoms with Gasteiger partial charge < -0.3 is 10.1 Å². The molecule has 0 bridgehead atoms. The summed E-state index contributed by atoms with van der Waals surface area (Å²) in [5.41, 5.74) is 1.62. The van der Waals surface area contributed by atoms with Crippen LogP contribution in [0.2, 0.25) is 10.0 Å². The fraction of sp³-hybridized carbons (Fsp3) is 0.154. The van der Waals surface area contributed by atoms with Crippen molar-refractivity contribution in [2.45, 2.75) is 12.3 Å². The molecule has 3 nitrogen and oxygen atoms in total. The first-order valence-electron chi connectivity index (χ1n) is 5.37. The smallest absolute Gasteiger partial charge is 0.304 e. The molecule has 0 saturated heterocycles. The Bertz CT molecular complexity index is 532. The maximum atomic E-state index is 11.0. The molecule has 1 aromatic carbocycles. The van der Waals surface area contributed by atoms with Gasteiger partial charge >= 0.3 is 5.97 Å². The Balaban J connectivity index is 2.42. The number of aromatic amines is 1. The highest BCUT2D eigenvalue weighted by molar-refractivity contribution is 6.34. The molecule has 2 N–H and O–H groups in total. The zero-order valence-corrected chi connectivity index (χ0v) is 10.9. The Hall–Kier alpha value is -1.45. The van der Waals surface area contributed by atoms with Gasteiger partial charge in [-0.3, -0.25) is 4.79 Å². The lowest BCUT2D eigenvalue weighted by Gasteiger charge is -2.15. The average Bonchev–Trinajstić information content (AvgIpc) is 2.77. The van der Waals surface area contributed by atoms with E-state index in [1.165, 1.54) is 0 Å². The van der Waals surface area contributed by atoms with Crippen LogP contribution in [0.3, 0.4) is 0 Å². The molecule has 5 heteroatoms. The molecule has 0 fully saturated rings. The number of H-pyrrole nitrogens is 1. The first kappa shape index (κ1) is 13.0. The molecule has 0 aliphatic carbocycles. The summed E-state index contributed by atoms with van der Waals surface area (Å²) in [6, 6.07) is 8.78. The van der Waals surface area contributed by atoms with Gasteiger partial charge in [-0.15, -0.1) is 0 Å². The molecule has 18 heavy (non-hydrogen) atoms. The van der Waals surface area contributed by atoms with E-state index in [0.29, 0.717) is 10.0 Å². The Morgan fingerprint density at radius 1 is 1.28 bits per heavy atom. The molecule has 1 unspecified atom stereocenters. The lowest BCUT2D eigenvalue weighted by molar-refractivity contribution is -0.137. The van der Waals surface area contributed by atoms with Gasteiger partial charge in [0.05, 0.1) is 6.42 Å². The Morgan fingerprint density at radius 2 is 1.94 bits per heavy atom. The molecular formula is C13H11Cl2NO2. The highest BCUT2D eigenvalue weighted by Crippen LogP contribution is 2.31. The van der Waals surface area contributed by atoms with Crippen molar-refractivity contribution < 1.29 is 9.90 Å². The van der Waals surface area contributed by atoms with E-state index in [4.69, 9.17) is 28.3 Å². The van der Waals surface area contributed by atoms with E-state index >= 15 is 0 Å². The Morgan fingerprint density at radius 3 is 2.44 bits per heavy atom. The predicted octanol–water partition coefficient (Wildman–Crippen LogP) is 3.93. The third-order valence-electron chi connectivity index (χ3n) is 2.66. The van der Waals surface area contributed by atoms with E-state index in [9.17, 15) is 4.79 Å². The predicted molar refractivity (Wildman–Crippen MR) is 71.4 cm³/mol. The van der Waals surface area contributed by atoms with Crippen LogP contribution < -0.4 is 0 Å². The van der Waals surface area contributed by atoms with E-state index in [2.05, 4.69) is 4.98 Å². The number of benzene rings is 1. The van der Waals surface area contributed by atoms with Crippen LogP contribution in [0.25, 0.3) is 0 Å². The number of halogens is 2. The molecule has 0 amide bonds. The zero-order chi connectivity index (χ0) is 13.1. The summed E-state index contributed by atoms with van der Waals surface area (Å²) in [7, 11) is 0. The zero-order valence-electron chi connectivity index (χ0n) is 9.36. The van der Waals surface area contributed by atoms with Crippen molar-refractivity contribution in [3.63, 3.8) is 0 Å². The van der Waals surface area contributed by atoms with Crippen LogP contribution in [0.4, 0.5) is 0 Å². The molecule has 2 rings (SSSR count). The normalized spacial score (nSPS) is 12.3. The van der Waals surface area contributed by atoms with Crippen LogP contribution in [0, 0.1) is 0 Å². The van der Waals surface area contributed by atoms with Crippen LogP contribution in [0.15, 0.2) is 36.5 Å². The van der Waals surface area contributed by atoms with Crippen LogP contribution in [-0.2, 0) is 4.79 Å². The molecule has 1 aromatic heterocycles. The first-order valence-corrected chi connectivity index (χ1v) is 6.13. The number of aliphatic carboxylic acids is 1. The van der Waals surface area contributed by atoms with Crippen molar-refractivity contribution in [2.75, 3.05) is 0 Å². The molecule has 1 heterocycles. The fourth-order valence-corrected chi connectivity index (χ4v) is 2.46. The Kier molecular flexibility index (Phi) is 3.94. The van der Waals surface area contributed by atoms with Gasteiger partial charge in [0, 0.05) is 27.9 Å². The highest BCUT2D eigenvalue weighted by Gasteiger charge is 2.19. The Labute approximate surface area is 114 Å². The number of nitrogens with one attached hydrogen (secondary N) is 1. The van der Waals surface area contributed by atoms with Crippen molar-refractivity contribution in [3.05, 3.63) is 57.8 Å². The van der Waals surface area contributed by atoms with Crippen LogP contribution in [0.5, 0.6) is 0 Å². The molecule has 0 saturated carbocycles.